The molecular formula is C21H30N4O3. The van der Waals surface area contributed by atoms with Crippen molar-refractivity contribution in [2.45, 2.75) is 46.4 Å². The summed E-state index contributed by atoms with van der Waals surface area (Å²) in [6.45, 7) is 9.43. The maximum absolute atomic E-state index is 10.3. The highest BCUT2D eigenvalue weighted by atomic mass is 16.6. The summed E-state index contributed by atoms with van der Waals surface area (Å²) < 4.78 is 11.0. The second-order valence-corrected chi connectivity index (χ2v) is 6.86. The molecule has 2 heterocycles. The second-order valence-electron chi connectivity index (χ2n) is 6.86. The van der Waals surface area contributed by atoms with Crippen molar-refractivity contribution in [2.75, 3.05) is 36.5 Å². The number of aromatic nitrogens is 2. The van der Waals surface area contributed by atoms with Crippen LogP contribution in [-0.4, -0.2) is 41.4 Å². The number of aryl methyl sites for hydroxylation is 1. The van der Waals surface area contributed by atoms with Crippen molar-refractivity contribution in [2.24, 2.45) is 0 Å². The van der Waals surface area contributed by atoms with E-state index in [2.05, 4.69) is 26.3 Å². The van der Waals surface area contributed by atoms with Crippen LogP contribution < -0.4 is 15.0 Å². The minimum atomic E-state index is -1.05. The molecule has 0 saturated carbocycles. The molecule has 7 nitrogen and oxygen atoms in total. The molecule has 2 aromatic rings. The van der Waals surface area contributed by atoms with E-state index in [0.717, 1.165) is 42.8 Å². The zero-order valence-electron chi connectivity index (χ0n) is 16.9. The molecule has 1 fully saturated rings. The summed E-state index contributed by atoms with van der Waals surface area (Å²) in [5, 5.41) is 13.7. The number of hydrogen-bond donors (Lipinski definition) is 2. The summed E-state index contributed by atoms with van der Waals surface area (Å²) in [7, 11) is 0. The monoisotopic (exact) mass is 386 g/mol. The van der Waals surface area contributed by atoms with Crippen molar-refractivity contribution in [3.05, 3.63) is 41.1 Å². The van der Waals surface area contributed by atoms with E-state index < -0.39 is 6.29 Å². The van der Waals surface area contributed by atoms with Crippen LogP contribution in [0.3, 0.4) is 0 Å². The lowest BCUT2D eigenvalue weighted by atomic mass is 10.1. The van der Waals surface area contributed by atoms with Crippen LogP contribution in [0.1, 0.15) is 49.7 Å². The van der Waals surface area contributed by atoms with Gasteiger partial charge in [0.2, 0.25) is 5.95 Å². The molecule has 3 rings (SSSR count). The lowest BCUT2D eigenvalue weighted by molar-refractivity contribution is -0.0978. The molecule has 2 N–H and O–H groups in total. The molecule has 7 heteroatoms. The van der Waals surface area contributed by atoms with Gasteiger partial charge in [-0.2, -0.15) is 4.98 Å². The Morgan fingerprint density at radius 2 is 2.00 bits per heavy atom. The summed E-state index contributed by atoms with van der Waals surface area (Å²) in [5.41, 5.74) is 2.75. The summed E-state index contributed by atoms with van der Waals surface area (Å²) >= 11 is 0. The van der Waals surface area contributed by atoms with E-state index in [0.29, 0.717) is 37.1 Å². The highest BCUT2D eigenvalue weighted by Crippen LogP contribution is 2.26. The molecule has 1 aromatic heterocycles. The van der Waals surface area contributed by atoms with Crippen molar-refractivity contribution >= 4 is 11.8 Å². The van der Waals surface area contributed by atoms with Crippen LogP contribution in [0, 0.1) is 6.92 Å². The quantitative estimate of drug-likeness (QED) is 0.639. The Kier molecular flexibility index (Phi) is 7.06. The topological polar surface area (TPSA) is 79.7 Å². The van der Waals surface area contributed by atoms with E-state index >= 15 is 0 Å². The Hall–Kier alpha value is -2.38. The van der Waals surface area contributed by atoms with Crippen LogP contribution in [-0.2, 0) is 11.3 Å². The number of benzene rings is 1. The van der Waals surface area contributed by atoms with E-state index in [1.807, 2.05) is 32.9 Å². The third-order valence-corrected chi connectivity index (χ3v) is 4.78. The molecule has 0 radical (unpaired) electrons. The van der Waals surface area contributed by atoms with Gasteiger partial charge in [0.1, 0.15) is 11.6 Å². The Morgan fingerprint density at radius 1 is 1.21 bits per heavy atom. The van der Waals surface area contributed by atoms with E-state index in [9.17, 15) is 5.11 Å². The fourth-order valence-electron chi connectivity index (χ4n) is 3.35. The Bertz CT molecular complexity index is 778. The zero-order valence-corrected chi connectivity index (χ0v) is 16.9. The van der Waals surface area contributed by atoms with Crippen molar-refractivity contribution in [3.8, 4) is 5.75 Å². The Balaban J connectivity index is 1.79. The number of aliphatic hydroxyl groups is 1. The fraction of sp³-hybridized carbons (Fsp3) is 0.524. The van der Waals surface area contributed by atoms with Crippen molar-refractivity contribution in [1.82, 2.24) is 9.97 Å². The molecule has 152 valence electrons. The molecule has 1 saturated heterocycles. The van der Waals surface area contributed by atoms with Crippen molar-refractivity contribution < 1.29 is 14.6 Å². The van der Waals surface area contributed by atoms with Crippen LogP contribution in [0.5, 0.6) is 5.75 Å². The van der Waals surface area contributed by atoms with Gasteiger partial charge < -0.3 is 24.8 Å². The summed E-state index contributed by atoms with van der Waals surface area (Å²) in [5.74, 6) is 2.19. The highest BCUT2D eigenvalue weighted by molar-refractivity contribution is 5.50. The molecule has 0 spiro atoms. The minimum absolute atomic E-state index is 0.409. The third-order valence-electron chi connectivity index (χ3n) is 4.78. The van der Waals surface area contributed by atoms with Crippen LogP contribution >= 0.6 is 0 Å². The molecule has 0 aliphatic carbocycles. The van der Waals surface area contributed by atoms with Gasteiger partial charge >= 0.3 is 0 Å². The smallest absolute Gasteiger partial charge is 0.227 e. The van der Waals surface area contributed by atoms with E-state index in [1.165, 1.54) is 0 Å². The predicted molar refractivity (Wildman–Crippen MR) is 110 cm³/mol. The molecule has 0 amide bonds. The second kappa shape index (κ2) is 9.71. The molecule has 1 aliphatic rings. The molecular weight excluding hydrogens is 356 g/mol. The fourth-order valence-corrected chi connectivity index (χ4v) is 3.35. The number of rotatable bonds is 9. The SMILES string of the molecule is CCOc1ccc(CNc2nc(N3CCCC3)ncc2C(O)OCC)cc1C. The van der Waals surface area contributed by atoms with Crippen LogP contribution in [0.4, 0.5) is 11.8 Å². The first-order valence-electron chi connectivity index (χ1n) is 10.00. The third kappa shape index (κ3) is 4.91. The standard InChI is InChI=1S/C21H30N4O3/c1-4-27-18-9-8-16(12-15(18)3)13-22-19-17(20(26)28-5-2)14-23-21(24-19)25-10-6-7-11-25/h8-9,12,14,20,26H,4-7,10-11,13H2,1-3H3,(H,22,23,24). The van der Waals surface area contributed by atoms with E-state index in [4.69, 9.17) is 9.47 Å². The van der Waals surface area contributed by atoms with Crippen molar-refractivity contribution in [3.63, 3.8) is 0 Å². The van der Waals surface area contributed by atoms with Gasteiger partial charge in [0.25, 0.3) is 0 Å². The molecule has 1 aromatic carbocycles. The first kappa shape index (κ1) is 20.4. The number of ether oxygens (including phenoxy) is 2. The number of aliphatic hydroxyl groups excluding tert-OH is 1. The molecule has 0 bridgehead atoms. The summed E-state index contributed by atoms with van der Waals surface area (Å²) in [4.78, 5) is 11.3. The zero-order chi connectivity index (χ0) is 19.9. The largest absolute Gasteiger partial charge is 0.494 e. The van der Waals surface area contributed by atoms with E-state index in [1.54, 1.807) is 6.20 Å². The maximum atomic E-state index is 10.3. The summed E-state index contributed by atoms with van der Waals surface area (Å²) in [6, 6.07) is 6.12. The Morgan fingerprint density at radius 3 is 2.68 bits per heavy atom. The van der Waals surface area contributed by atoms with E-state index in [-0.39, 0.29) is 0 Å². The van der Waals surface area contributed by atoms with Gasteiger partial charge in [0.15, 0.2) is 6.29 Å². The van der Waals surface area contributed by atoms with Gasteiger partial charge in [-0.15, -0.1) is 0 Å². The number of hydrogen-bond acceptors (Lipinski definition) is 7. The van der Waals surface area contributed by atoms with Gasteiger partial charge in [-0.25, -0.2) is 4.98 Å². The molecule has 1 unspecified atom stereocenters. The average Bonchev–Trinajstić information content (AvgIpc) is 3.23. The molecule has 1 aliphatic heterocycles. The van der Waals surface area contributed by atoms with Gasteiger partial charge in [-0.05, 0) is 50.8 Å². The molecule has 28 heavy (non-hydrogen) atoms. The van der Waals surface area contributed by atoms with Crippen LogP contribution in [0.25, 0.3) is 0 Å². The minimum Gasteiger partial charge on any atom is -0.494 e. The van der Waals surface area contributed by atoms with Crippen LogP contribution in [0.15, 0.2) is 24.4 Å². The summed E-state index contributed by atoms with van der Waals surface area (Å²) in [6.07, 6.45) is 2.91. The molecule has 1 atom stereocenters. The maximum Gasteiger partial charge on any atom is 0.227 e. The number of nitrogens with one attached hydrogen (secondary N) is 1. The van der Waals surface area contributed by atoms with Gasteiger partial charge in [0, 0.05) is 32.4 Å². The lowest BCUT2D eigenvalue weighted by Gasteiger charge is -2.20. The van der Waals surface area contributed by atoms with Crippen LogP contribution in [0.2, 0.25) is 0 Å². The Labute approximate surface area is 166 Å². The highest BCUT2D eigenvalue weighted by Gasteiger charge is 2.20. The normalized spacial score (nSPS) is 14.9. The average molecular weight is 386 g/mol. The predicted octanol–water partition coefficient (Wildman–Crippen LogP) is 3.42. The number of anilines is 2. The lowest BCUT2D eigenvalue weighted by Crippen LogP contribution is -2.22. The van der Waals surface area contributed by atoms with Crippen molar-refractivity contribution in [1.29, 1.82) is 0 Å². The van der Waals surface area contributed by atoms with Gasteiger partial charge in [-0.3, -0.25) is 0 Å². The van der Waals surface area contributed by atoms with Gasteiger partial charge in [-0.1, -0.05) is 12.1 Å². The van der Waals surface area contributed by atoms with Gasteiger partial charge in [0.05, 0.1) is 12.2 Å². The first-order chi connectivity index (χ1) is 13.6. The number of nitrogens with zero attached hydrogens (tertiary/aromatic N) is 3. The first-order valence-corrected chi connectivity index (χ1v) is 10.00.